The molecule has 0 unspecified atom stereocenters. The van der Waals surface area contributed by atoms with Crippen molar-refractivity contribution >= 4 is 0 Å². The molecular formula is C35H71NO12. The number of nitrogens with one attached hydrogen (secondary N) is 1. The lowest BCUT2D eigenvalue weighted by atomic mass is 10.1. The van der Waals surface area contributed by atoms with Crippen LogP contribution >= 0.6 is 0 Å². The van der Waals surface area contributed by atoms with Gasteiger partial charge in [-0.2, -0.15) is 0 Å². The van der Waals surface area contributed by atoms with Gasteiger partial charge in [0, 0.05) is 6.61 Å². The number of piperidine rings is 1. The van der Waals surface area contributed by atoms with E-state index in [1.54, 1.807) is 0 Å². The minimum absolute atomic E-state index is 0.374. The van der Waals surface area contributed by atoms with Crippen molar-refractivity contribution in [2.75, 3.05) is 165 Å². The summed E-state index contributed by atoms with van der Waals surface area (Å²) in [6.45, 7) is 17.3. The molecule has 0 amide bonds. The van der Waals surface area contributed by atoms with E-state index in [2.05, 4.69) is 12.2 Å². The fourth-order valence-corrected chi connectivity index (χ4v) is 4.52. The highest BCUT2D eigenvalue weighted by atomic mass is 16.6. The summed E-state index contributed by atoms with van der Waals surface area (Å²) in [5, 5.41) is 3.33. The Morgan fingerprint density at radius 2 is 0.604 bits per heavy atom. The van der Waals surface area contributed by atoms with Gasteiger partial charge >= 0.3 is 0 Å². The third kappa shape index (κ3) is 36.8. The van der Waals surface area contributed by atoms with Crippen molar-refractivity contribution < 1.29 is 56.8 Å². The molecule has 13 nitrogen and oxygen atoms in total. The first kappa shape index (κ1) is 45.5. The van der Waals surface area contributed by atoms with E-state index in [0.29, 0.717) is 151 Å². The number of unbranched alkanes of at least 4 members (excludes halogenated alkanes) is 5. The second-order valence-electron chi connectivity index (χ2n) is 11.3. The van der Waals surface area contributed by atoms with Crippen molar-refractivity contribution in [2.45, 2.75) is 64.4 Å². The number of ether oxygens (including phenoxy) is 12. The predicted octanol–water partition coefficient (Wildman–Crippen LogP) is 3.30. The van der Waals surface area contributed by atoms with Crippen LogP contribution in [0.4, 0.5) is 0 Å². The van der Waals surface area contributed by atoms with E-state index in [0.717, 1.165) is 39.0 Å². The summed E-state index contributed by atoms with van der Waals surface area (Å²) < 4.78 is 66.4. The largest absolute Gasteiger partial charge is 0.379 e. The number of hydrogen-bond acceptors (Lipinski definition) is 13. The molecule has 0 spiro atoms. The average Bonchev–Trinajstić information content (AvgIpc) is 3.11. The van der Waals surface area contributed by atoms with Gasteiger partial charge in [-0.25, -0.2) is 0 Å². The Morgan fingerprint density at radius 1 is 0.333 bits per heavy atom. The van der Waals surface area contributed by atoms with Gasteiger partial charge in [-0.3, -0.25) is 0 Å². The van der Waals surface area contributed by atoms with E-state index in [-0.39, 0.29) is 0 Å². The van der Waals surface area contributed by atoms with E-state index < -0.39 is 0 Å². The fraction of sp³-hybridized carbons (Fsp3) is 1.00. The van der Waals surface area contributed by atoms with Crippen LogP contribution in [0.3, 0.4) is 0 Å². The Balaban J connectivity index is 1.59. The molecule has 0 atom stereocenters. The summed E-state index contributed by atoms with van der Waals surface area (Å²) in [6.07, 6.45) is 10.2. The van der Waals surface area contributed by atoms with Gasteiger partial charge in [-0.05, 0) is 32.4 Å². The molecule has 0 bridgehead atoms. The first-order chi connectivity index (χ1) is 23.9. The molecule has 0 aromatic heterocycles. The van der Waals surface area contributed by atoms with Gasteiger partial charge in [-0.1, -0.05) is 39.0 Å². The molecule has 0 saturated carbocycles. The van der Waals surface area contributed by atoms with Crippen molar-refractivity contribution in [3.05, 3.63) is 0 Å². The highest BCUT2D eigenvalue weighted by Crippen LogP contribution is 2.06. The Bertz CT molecular complexity index is 590. The molecule has 0 aliphatic carbocycles. The molecule has 48 heavy (non-hydrogen) atoms. The van der Waals surface area contributed by atoms with Gasteiger partial charge in [0.15, 0.2) is 0 Å². The Hall–Kier alpha value is -0.520. The first-order valence-corrected chi connectivity index (χ1v) is 18.6. The predicted molar refractivity (Wildman–Crippen MR) is 184 cm³/mol. The van der Waals surface area contributed by atoms with Gasteiger partial charge in [-0.15, -0.1) is 0 Å². The van der Waals surface area contributed by atoms with Gasteiger partial charge in [0.25, 0.3) is 0 Å². The topological polar surface area (TPSA) is 123 Å². The normalized spacial score (nSPS) is 13.9. The molecule has 0 aromatic carbocycles. The molecular weight excluding hydrogens is 626 g/mol. The highest BCUT2D eigenvalue weighted by Gasteiger charge is 2.12. The Kier molecular flexibility index (Phi) is 38.8. The summed E-state index contributed by atoms with van der Waals surface area (Å²) in [7, 11) is 0. The zero-order chi connectivity index (χ0) is 34.1. The zero-order valence-corrected chi connectivity index (χ0v) is 30.3. The molecule has 0 radical (unpaired) electrons. The van der Waals surface area contributed by atoms with Crippen LogP contribution in [0, 0.1) is 0 Å². The highest BCUT2D eigenvalue weighted by molar-refractivity contribution is 4.67. The minimum Gasteiger partial charge on any atom is -0.379 e. The van der Waals surface area contributed by atoms with Crippen LogP contribution in [0.5, 0.6) is 0 Å². The lowest BCUT2D eigenvalue weighted by Crippen LogP contribution is -2.33. The molecule has 1 saturated heterocycles. The summed E-state index contributed by atoms with van der Waals surface area (Å²) in [6, 6.07) is 0. The van der Waals surface area contributed by atoms with Gasteiger partial charge < -0.3 is 62.2 Å². The van der Waals surface area contributed by atoms with Crippen LogP contribution in [0.2, 0.25) is 0 Å². The summed E-state index contributed by atoms with van der Waals surface area (Å²) in [5.41, 5.74) is 0. The van der Waals surface area contributed by atoms with Crippen LogP contribution in [-0.4, -0.2) is 171 Å². The summed E-state index contributed by atoms with van der Waals surface area (Å²) >= 11 is 0. The lowest BCUT2D eigenvalue weighted by molar-refractivity contribution is -0.0326. The smallest absolute Gasteiger partial charge is 0.0704 e. The maximum atomic E-state index is 5.79. The van der Waals surface area contributed by atoms with Crippen molar-refractivity contribution in [3.8, 4) is 0 Å². The molecule has 1 heterocycles. The van der Waals surface area contributed by atoms with Crippen molar-refractivity contribution in [3.63, 3.8) is 0 Å². The molecule has 288 valence electrons. The van der Waals surface area contributed by atoms with Gasteiger partial charge in [0.2, 0.25) is 0 Å². The van der Waals surface area contributed by atoms with Crippen molar-refractivity contribution in [2.24, 2.45) is 0 Å². The first-order valence-electron chi connectivity index (χ1n) is 18.6. The molecule has 1 aliphatic rings. The maximum Gasteiger partial charge on any atom is 0.0704 e. The van der Waals surface area contributed by atoms with Gasteiger partial charge in [0.05, 0.1) is 151 Å². The number of hydrogen-bond donors (Lipinski definition) is 1. The second-order valence-corrected chi connectivity index (χ2v) is 11.3. The van der Waals surface area contributed by atoms with Gasteiger partial charge in [0.1, 0.15) is 0 Å². The molecule has 1 aliphatic heterocycles. The van der Waals surface area contributed by atoms with Crippen LogP contribution in [0.1, 0.15) is 58.3 Å². The van der Waals surface area contributed by atoms with E-state index in [4.69, 9.17) is 56.8 Å². The molecule has 13 heteroatoms. The van der Waals surface area contributed by atoms with E-state index in [1.807, 2.05) is 0 Å². The maximum absolute atomic E-state index is 5.79. The van der Waals surface area contributed by atoms with Crippen LogP contribution in [0.15, 0.2) is 0 Å². The van der Waals surface area contributed by atoms with Crippen molar-refractivity contribution in [1.29, 1.82) is 0 Å². The van der Waals surface area contributed by atoms with E-state index in [1.165, 1.54) is 32.1 Å². The monoisotopic (exact) mass is 697 g/mol. The minimum atomic E-state index is 0.374. The lowest BCUT2D eigenvalue weighted by Gasteiger charge is -2.22. The molecule has 1 rings (SSSR count). The van der Waals surface area contributed by atoms with Crippen LogP contribution in [0.25, 0.3) is 0 Å². The van der Waals surface area contributed by atoms with E-state index in [9.17, 15) is 0 Å². The molecule has 1 fully saturated rings. The quantitative estimate of drug-likeness (QED) is 0.0942. The zero-order valence-electron chi connectivity index (χ0n) is 30.3. The van der Waals surface area contributed by atoms with Crippen LogP contribution in [-0.2, 0) is 56.8 Å². The Morgan fingerprint density at radius 3 is 0.938 bits per heavy atom. The molecule has 0 aromatic rings. The fourth-order valence-electron chi connectivity index (χ4n) is 4.52. The second kappa shape index (κ2) is 40.9. The standard InChI is InChI=1S/C35H71NO12/c1-2-3-4-5-6-7-12-37-13-14-38-15-16-39-17-18-40-19-20-41-21-22-42-23-24-43-25-26-44-27-28-45-29-30-46-31-32-47-33-34-48-35-8-10-36-11-9-35/h35-36H,2-34H2,1H3. The Labute approximate surface area is 291 Å². The summed E-state index contributed by atoms with van der Waals surface area (Å²) in [4.78, 5) is 0. The van der Waals surface area contributed by atoms with Crippen molar-refractivity contribution in [1.82, 2.24) is 5.32 Å². The third-order valence-corrected chi connectivity index (χ3v) is 7.23. The number of rotatable bonds is 41. The average molecular weight is 698 g/mol. The van der Waals surface area contributed by atoms with E-state index >= 15 is 0 Å². The van der Waals surface area contributed by atoms with Crippen LogP contribution < -0.4 is 5.32 Å². The SMILES string of the molecule is CCCCCCCCOCCOCCOCCOCCOCCOCCOCCOCCOCCOCCOCCOC1CCNCC1. The third-order valence-electron chi connectivity index (χ3n) is 7.23. The summed E-state index contributed by atoms with van der Waals surface area (Å²) in [5.74, 6) is 0. The molecule has 1 N–H and O–H groups in total.